The van der Waals surface area contributed by atoms with Crippen LogP contribution >= 0.6 is 0 Å². The quantitative estimate of drug-likeness (QED) is 0.920. The van der Waals surface area contributed by atoms with E-state index in [4.69, 9.17) is 4.42 Å². The van der Waals surface area contributed by atoms with Crippen LogP contribution < -0.4 is 5.32 Å². The van der Waals surface area contributed by atoms with E-state index in [0.717, 1.165) is 36.8 Å². The minimum atomic E-state index is -0.122. The lowest BCUT2D eigenvalue weighted by Gasteiger charge is -2.15. The molecule has 6 heteroatoms. The smallest absolute Gasteiger partial charge is 0.221 e. The second-order valence-corrected chi connectivity index (χ2v) is 5.81. The van der Waals surface area contributed by atoms with E-state index in [-0.39, 0.29) is 11.9 Å². The number of amides is 1. The molecule has 1 aliphatic heterocycles. The van der Waals surface area contributed by atoms with Gasteiger partial charge in [-0.2, -0.15) is 0 Å². The lowest BCUT2D eigenvalue weighted by atomic mass is 10.2. The molecule has 2 aromatic heterocycles. The van der Waals surface area contributed by atoms with E-state index in [1.165, 1.54) is 12.8 Å². The summed E-state index contributed by atoms with van der Waals surface area (Å²) in [6.07, 6.45) is 7.18. The van der Waals surface area contributed by atoms with Crippen LogP contribution in [0.15, 0.2) is 22.8 Å². The molecule has 3 heterocycles. The first-order valence-electron chi connectivity index (χ1n) is 7.98. The normalized spacial score (nSPS) is 15.9. The fourth-order valence-corrected chi connectivity index (χ4v) is 2.90. The second kappa shape index (κ2) is 6.77. The van der Waals surface area contributed by atoms with Gasteiger partial charge in [-0.05, 0) is 31.9 Å². The molecule has 1 atom stereocenters. The first-order valence-corrected chi connectivity index (χ1v) is 7.98. The number of furan rings is 1. The molecule has 1 amide bonds. The van der Waals surface area contributed by atoms with Crippen LogP contribution in [0, 0.1) is 0 Å². The van der Waals surface area contributed by atoms with Gasteiger partial charge in [0.1, 0.15) is 11.6 Å². The zero-order valence-corrected chi connectivity index (χ0v) is 12.9. The van der Waals surface area contributed by atoms with E-state index in [2.05, 4.69) is 20.1 Å². The number of hydrogen-bond acceptors (Lipinski definition) is 4. The summed E-state index contributed by atoms with van der Waals surface area (Å²) in [4.78, 5) is 12.1. The van der Waals surface area contributed by atoms with Crippen molar-refractivity contribution in [3.8, 4) is 0 Å². The lowest BCUT2D eigenvalue weighted by molar-refractivity contribution is -0.121. The van der Waals surface area contributed by atoms with Crippen LogP contribution in [-0.4, -0.2) is 20.7 Å². The highest BCUT2D eigenvalue weighted by Crippen LogP contribution is 2.18. The SMILES string of the molecule is C[C@H](NC(=O)CCc1ccco1)c1nnc2n1CCCCC2. The summed E-state index contributed by atoms with van der Waals surface area (Å²) in [6, 6.07) is 3.60. The van der Waals surface area contributed by atoms with Crippen molar-refractivity contribution < 1.29 is 9.21 Å². The van der Waals surface area contributed by atoms with Gasteiger partial charge in [-0.15, -0.1) is 10.2 Å². The molecule has 3 rings (SSSR count). The number of carbonyl (C=O) groups is 1. The Hall–Kier alpha value is -2.11. The predicted molar refractivity (Wildman–Crippen MR) is 81.2 cm³/mol. The van der Waals surface area contributed by atoms with Gasteiger partial charge in [-0.1, -0.05) is 6.42 Å². The molecule has 0 radical (unpaired) electrons. The first kappa shape index (κ1) is 14.8. The van der Waals surface area contributed by atoms with E-state index in [1.54, 1.807) is 6.26 Å². The van der Waals surface area contributed by atoms with Crippen molar-refractivity contribution in [1.29, 1.82) is 0 Å². The molecule has 0 aliphatic carbocycles. The maximum absolute atomic E-state index is 12.1. The van der Waals surface area contributed by atoms with Gasteiger partial charge in [-0.25, -0.2) is 0 Å². The fraction of sp³-hybridized carbons (Fsp3) is 0.562. The summed E-state index contributed by atoms with van der Waals surface area (Å²) >= 11 is 0. The van der Waals surface area contributed by atoms with Gasteiger partial charge in [0.25, 0.3) is 0 Å². The van der Waals surface area contributed by atoms with E-state index in [1.807, 2.05) is 19.1 Å². The number of aromatic nitrogens is 3. The van der Waals surface area contributed by atoms with Crippen molar-refractivity contribution in [2.75, 3.05) is 0 Å². The van der Waals surface area contributed by atoms with Crippen LogP contribution in [0.5, 0.6) is 0 Å². The Morgan fingerprint density at radius 3 is 3.14 bits per heavy atom. The molecular formula is C16H22N4O2. The molecular weight excluding hydrogens is 280 g/mol. The highest BCUT2D eigenvalue weighted by Gasteiger charge is 2.20. The van der Waals surface area contributed by atoms with Crippen molar-refractivity contribution >= 4 is 5.91 Å². The Labute approximate surface area is 129 Å². The van der Waals surface area contributed by atoms with Crippen molar-refractivity contribution in [2.24, 2.45) is 0 Å². The molecule has 6 nitrogen and oxygen atoms in total. The van der Waals surface area contributed by atoms with Gasteiger partial charge >= 0.3 is 0 Å². The zero-order chi connectivity index (χ0) is 15.4. The van der Waals surface area contributed by atoms with Crippen molar-refractivity contribution in [3.63, 3.8) is 0 Å². The highest BCUT2D eigenvalue weighted by molar-refractivity contribution is 5.76. The molecule has 22 heavy (non-hydrogen) atoms. The predicted octanol–water partition coefficient (Wildman–Crippen LogP) is 2.41. The summed E-state index contributed by atoms with van der Waals surface area (Å²) in [7, 11) is 0. The number of nitrogens with one attached hydrogen (secondary N) is 1. The molecule has 0 saturated carbocycles. The summed E-state index contributed by atoms with van der Waals surface area (Å²) < 4.78 is 7.41. The van der Waals surface area contributed by atoms with Gasteiger partial charge in [0.05, 0.1) is 12.3 Å². The van der Waals surface area contributed by atoms with Gasteiger partial charge < -0.3 is 14.3 Å². The number of rotatable bonds is 5. The molecule has 2 aromatic rings. The minimum absolute atomic E-state index is 0.00914. The topological polar surface area (TPSA) is 73.0 Å². The Morgan fingerprint density at radius 1 is 1.41 bits per heavy atom. The van der Waals surface area contributed by atoms with E-state index in [0.29, 0.717) is 12.8 Å². The van der Waals surface area contributed by atoms with Crippen LogP contribution in [-0.2, 0) is 24.2 Å². The van der Waals surface area contributed by atoms with Crippen LogP contribution in [0.25, 0.3) is 0 Å². The number of carbonyl (C=O) groups excluding carboxylic acids is 1. The summed E-state index contributed by atoms with van der Waals surface area (Å²) in [5.41, 5.74) is 0. The maximum Gasteiger partial charge on any atom is 0.221 e. The highest BCUT2D eigenvalue weighted by atomic mass is 16.3. The molecule has 0 aromatic carbocycles. The molecule has 0 spiro atoms. The molecule has 118 valence electrons. The van der Waals surface area contributed by atoms with Crippen LogP contribution in [0.1, 0.15) is 56.1 Å². The van der Waals surface area contributed by atoms with Crippen LogP contribution in [0.2, 0.25) is 0 Å². The van der Waals surface area contributed by atoms with Gasteiger partial charge in [-0.3, -0.25) is 4.79 Å². The van der Waals surface area contributed by atoms with Gasteiger partial charge in [0.2, 0.25) is 5.91 Å². The second-order valence-electron chi connectivity index (χ2n) is 5.81. The third-order valence-electron chi connectivity index (χ3n) is 4.08. The number of hydrogen-bond donors (Lipinski definition) is 1. The molecule has 0 bridgehead atoms. The van der Waals surface area contributed by atoms with E-state index >= 15 is 0 Å². The van der Waals surface area contributed by atoms with E-state index in [9.17, 15) is 4.79 Å². The lowest BCUT2D eigenvalue weighted by Crippen LogP contribution is -2.29. The summed E-state index contributed by atoms with van der Waals surface area (Å²) in [5, 5.41) is 11.6. The third kappa shape index (κ3) is 3.37. The number of aryl methyl sites for hydroxylation is 2. The summed E-state index contributed by atoms with van der Waals surface area (Å²) in [5.74, 6) is 2.75. The largest absolute Gasteiger partial charge is 0.469 e. The van der Waals surface area contributed by atoms with Crippen molar-refractivity contribution in [3.05, 3.63) is 35.8 Å². The zero-order valence-electron chi connectivity index (χ0n) is 12.9. The van der Waals surface area contributed by atoms with Crippen LogP contribution in [0.4, 0.5) is 0 Å². The molecule has 1 aliphatic rings. The Morgan fingerprint density at radius 2 is 2.32 bits per heavy atom. The monoisotopic (exact) mass is 302 g/mol. The molecule has 1 N–H and O–H groups in total. The summed E-state index contributed by atoms with van der Waals surface area (Å²) in [6.45, 7) is 2.91. The average molecular weight is 302 g/mol. The minimum Gasteiger partial charge on any atom is -0.469 e. The Kier molecular flexibility index (Phi) is 4.56. The van der Waals surface area contributed by atoms with Crippen molar-refractivity contribution in [1.82, 2.24) is 20.1 Å². The van der Waals surface area contributed by atoms with E-state index < -0.39 is 0 Å². The number of nitrogens with zero attached hydrogens (tertiary/aromatic N) is 3. The number of fused-ring (bicyclic) bond motifs is 1. The Bertz CT molecular complexity index is 618. The van der Waals surface area contributed by atoms with Gasteiger partial charge in [0, 0.05) is 25.8 Å². The molecule has 0 saturated heterocycles. The molecule has 0 fully saturated rings. The fourth-order valence-electron chi connectivity index (χ4n) is 2.90. The van der Waals surface area contributed by atoms with Gasteiger partial charge in [0.15, 0.2) is 5.82 Å². The third-order valence-corrected chi connectivity index (χ3v) is 4.08. The average Bonchev–Trinajstić information content (AvgIpc) is 3.10. The first-order chi connectivity index (χ1) is 10.7. The standard InChI is InChI=1S/C16H22N4O2/c1-12(17-15(21)9-8-13-6-5-11-22-13)16-19-18-14-7-3-2-4-10-20(14)16/h5-6,11-12H,2-4,7-10H2,1H3,(H,17,21)/t12-/m0/s1. The van der Waals surface area contributed by atoms with Crippen molar-refractivity contribution in [2.45, 2.75) is 58.0 Å². The maximum atomic E-state index is 12.1. The Balaban J connectivity index is 1.58. The molecule has 0 unspecified atom stereocenters. The van der Waals surface area contributed by atoms with Crippen LogP contribution in [0.3, 0.4) is 0 Å².